The number of aryl methyl sites for hydroxylation is 1. The maximum atomic E-state index is 11.9. The first-order valence-corrected chi connectivity index (χ1v) is 6.71. The van der Waals surface area contributed by atoms with Gasteiger partial charge in [0, 0.05) is 0 Å². The van der Waals surface area contributed by atoms with Gasteiger partial charge < -0.3 is 19.9 Å². The summed E-state index contributed by atoms with van der Waals surface area (Å²) in [6.07, 6.45) is 0.141. The Bertz CT molecular complexity index is 631. The van der Waals surface area contributed by atoms with Gasteiger partial charge in [-0.05, 0) is 43.7 Å². The van der Waals surface area contributed by atoms with Crippen LogP contribution in [-0.2, 0) is 16.8 Å². The van der Waals surface area contributed by atoms with E-state index in [1.807, 2.05) is 0 Å². The molecular weight excluding hydrogens is 270 g/mol. The predicted octanol–water partition coefficient (Wildman–Crippen LogP) is 1.86. The molecule has 2 rings (SSSR count). The second-order valence-corrected chi connectivity index (χ2v) is 5.31. The lowest BCUT2D eigenvalue weighted by atomic mass is 10.0. The number of phenols is 1. The molecule has 1 atom stereocenters. The summed E-state index contributed by atoms with van der Waals surface area (Å²) in [6.45, 7) is 3.43. The van der Waals surface area contributed by atoms with Crippen LogP contribution >= 0.6 is 0 Å². The first kappa shape index (κ1) is 15.1. The van der Waals surface area contributed by atoms with Gasteiger partial charge in [-0.3, -0.25) is 4.79 Å². The number of hydrogen-bond donors (Lipinski definition) is 3. The van der Waals surface area contributed by atoms with Crippen LogP contribution in [0.4, 0.5) is 0 Å². The molecule has 0 saturated carbocycles. The minimum Gasteiger partial charge on any atom is -0.508 e. The summed E-state index contributed by atoms with van der Waals surface area (Å²) in [6, 6.07) is 9.97. The van der Waals surface area contributed by atoms with Crippen molar-refractivity contribution in [3.05, 3.63) is 53.5 Å². The highest BCUT2D eigenvalue weighted by atomic mass is 16.4. The highest BCUT2D eigenvalue weighted by Gasteiger charge is 2.27. The molecule has 1 unspecified atom stereocenters. The van der Waals surface area contributed by atoms with E-state index in [1.54, 1.807) is 44.2 Å². The molecule has 0 bridgehead atoms. The molecule has 2 aromatic rings. The van der Waals surface area contributed by atoms with E-state index < -0.39 is 5.60 Å². The number of aromatic hydroxyl groups is 1. The van der Waals surface area contributed by atoms with Crippen molar-refractivity contribution in [3.63, 3.8) is 0 Å². The quantitative estimate of drug-likeness (QED) is 0.784. The molecule has 0 fully saturated rings. The third kappa shape index (κ3) is 4.10. The Morgan fingerprint density at radius 3 is 2.71 bits per heavy atom. The molecule has 1 amide bonds. The van der Waals surface area contributed by atoms with Crippen LogP contribution in [0.1, 0.15) is 24.0 Å². The van der Waals surface area contributed by atoms with Gasteiger partial charge in [-0.2, -0.15) is 0 Å². The van der Waals surface area contributed by atoms with E-state index in [-0.39, 0.29) is 24.6 Å². The second-order valence-electron chi connectivity index (χ2n) is 5.31. The Balaban J connectivity index is 1.91. The summed E-state index contributed by atoms with van der Waals surface area (Å²) in [5.74, 6) is 1.01. The summed E-state index contributed by atoms with van der Waals surface area (Å²) in [5.41, 5.74) is -0.552. The lowest BCUT2D eigenvalue weighted by Gasteiger charge is -2.21. The third-order valence-electron chi connectivity index (χ3n) is 3.18. The lowest BCUT2D eigenvalue weighted by molar-refractivity contribution is -0.121. The molecule has 0 spiro atoms. The van der Waals surface area contributed by atoms with Crippen LogP contribution in [0.15, 0.2) is 40.8 Å². The van der Waals surface area contributed by atoms with E-state index in [2.05, 4.69) is 5.32 Å². The normalized spacial score (nSPS) is 13.7. The monoisotopic (exact) mass is 289 g/mol. The zero-order valence-electron chi connectivity index (χ0n) is 12.1. The largest absolute Gasteiger partial charge is 0.508 e. The first-order chi connectivity index (χ1) is 9.87. The Morgan fingerprint density at radius 1 is 1.33 bits per heavy atom. The molecule has 0 aliphatic carbocycles. The van der Waals surface area contributed by atoms with Crippen LogP contribution in [0.25, 0.3) is 0 Å². The fourth-order valence-electron chi connectivity index (χ4n) is 2.00. The van der Waals surface area contributed by atoms with Crippen molar-refractivity contribution in [1.82, 2.24) is 5.32 Å². The molecule has 5 nitrogen and oxygen atoms in total. The van der Waals surface area contributed by atoms with Gasteiger partial charge in [-0.1, -0.05) is 12.1 Å². The Labute approximate surface area is 123 Å². The SMILES string of the molecule is Cc1ccc(C(C)(O)CNC(=O)Cc2cccc(O)c2)o1. The standard InChI is InChI=1S/C16H19NO4/c1-11-6-7-14(21-11)16(2,20)10-17-15(19)9-12-4-3-5-13(18)8-12/h3-8,18,20H,9-10H2,1-2H3,(H,17,19). The fraction of sp³-hybridized carbons (Fsp3) is 0.312. The molecule has 5 heteroatoms. The molecule has 0 radical (unpaired) electrons. The number of benzene rings is 1. The number of carbonyl (C=O) groups excluding carboxylic acids is 1. The molecule has 0 saturated heterocycles. The van der Waals surface area contributed by atoms with Crippen LogP contribution in [0.3, 0.4) is 0 Å². The van der Waals surface area contributed by atoms with Gasteiger partial charge in [-0.15, -0.1) is 0 Å². The molecule has 3 N–H and O–H groups in total. The predicted molar refractivity (Wildman–Crippen MR) is 77.8 cm³/mol. The summed E-state index contributed by atoms with van der Waals surface area (Å²) < 4.78 is 5.38. The summed E-state index contributed by atoms with van der Waals surface area (Å²) in [4.78, 5) is 11.9. The van der Waals surface area contributed by atoms with Crippen molar-refractivity contribution in [1.29, 1.82) is 0 Å². The molecule has 1 aromatic carbocycles. The molecule has 0 aliphatic heterocycles. The highest BCUT2D eigenvalue weighted by molar-refractivity contribution is 5.78. The first-order valence-electron chi connectivity index (χ1n) is 6.71. The summed E-state index contributed by atoms with van der Waals surface area (Å²) in [5, 5.41) is 22.3. The van der Waals surface area contributed by atoms with E-state index in [4.69, 9.17) is 4.42 Å². The number of carbonyl (C=O) groups is 1. The minimum absolute atomic E-state index is 0.0532. The molecule has 21 heavy (non-hydrogen) atoms. The zero-order valence-corrected chi connectivity index (χ0v) is 12.1. The number of rotatable bonds is 5. The number of furan rings is 1. The van der Waals surface area contributed by atoms with E-state index >= 15 is 0 Å². The van der Waals surface area contributed by atoms with Crippen molar-refractivity contribution in [2.75, 3.05) is 6.54 Å². The van der Waals surface area contributed by atoms with Crippen molar-refractivity contribution in [2.45, 2.75) is 25.9 Å². The molecular formula is C16H19NO4. The topological polar surface area (TPSA) is 82.7 Å². The van der Waals surface area contributed by atoms with E-state index in [1.165, 1.54) is 6.07 Å². The Kier molecular flexibility index (Phi) is 4.33. The van der Waals surface area contributed by atoms with Crippen LogP contribution in [-0.4, -0.2) is 22.7 Å². The summed E-state index contributed by atoms with van der Waals surface area (Å²) in [7, 11) is 0. The Hall–Kier alpha value is -2.27. The van der Waals surface area contributed by atoms with Gasteiger partial charge in [0.1, 0.15) is 22.9 Å². The van der Waals surface area contributed by atoms with Gasteiger partial charge in [0.05, 0.1) is 13.0 Å². The molecule has 112 valence electrons. The van der Waals surface area contributed by atoms with Gasteiger partial charge in [-0.25, -0.2) is 0 Å². The van der Waals surface area contributed by atoms with Crippen LogP contribution in [0.5, 0.6) is 5.75 Å². The minimum atomic E-state index is -1.26. The van der Waals surface area contributed by atoms with Gasteiger partial charge in [0.15, 0.2) is 0 Å². The van der Waals surface area contributed by atoms with Crippen LogP contribution in [0, 0.1) is 6.92 Å². The third-order valence-corrected chi connectivity index (χ3v) is 3.18. The maximum absolute atomic E-state index is 11.9. The molecule has 1 heterocycles. The van der Waals surface area contributed by atoms with Gasteiger partial charge in [0.2, 0.25) is 5.91 Å². The average Bonchev–Trinajstić information content (AvgIpc) is 2.84. The second kappa shape index (κ2) is 6.01. The number of phenolic OH excluding ortho intramolecular Hbond substituents is 1. The van der Waals surface area contributed by atoms with Gasteiger partial charge >= 0.3 is 0 Å². The van der Waals surface area contributed by atoms with Crippen LogP contribution < -0.4 is 5.32 Å². The van der Waals surface area contributed by atoms with Crippen LogP contribution in [0.2, 0.25) is 0 Å². The highest BCUT2D eigenvalue weighted by Crippen LogP contribution is 2.22. The van der Waals surface area contributed by atoms with Crippen molar-refractivity contribution >= 4 is 5.91 Å². The smallest absolute Gasteiger partial charge is 0.224 e. The Morgan fingerprint density at radius 2 is 2.10 bits per heavy atom. The van der Waals surface area contributed by atoms with E-state index in [0.29, 0.717) is 17.1 Å². The summed E-state index contributed by atoms with van der Waals surface area (Å²) >= 11 is 0. The molecule has 0 aliphatic rings. The van der Waals surface area contributed by atoms with E-state index in [9.17, 15) is 15.0 Å². The van der Waals surface area contributed by atoms with Gasteiger partial charge in [0.25, 0.3) is 0 Å². The van der Waals surface area contributed by atoms with Crippen molar-refractivity contribution in [2.24, 2.45) is 0 Å². The van der Waals surface area contributed by atoms with E-state index in [0.717, 1.165) is 0 Å². The number of nitrogens with one attached hydrogen (secondary N) is 1. The van der Waals surface area contributed by atoms with Crippen molar-refractivity contribution in [3.8, 4) is 5.75 Å². The maximum Gasteiger partial charge on any atom is 0.224 e. The molecule has 1 aromatic heterocycles. The zero-order chi connectivity index (χ0) is 15.5. The lowest BCUT2D eigenvalue weighted by Crippen LogP contribution is -2.39. The number of aliphatic hydroxyl groups is 1. The number of amides is 1. The number of hydrogen-bond acceptors (Lipinski definition) is 4. The average molecular weight is 289 g/mol. The van der Waals surface area contributed by atoms with Crippen molar-refractivity contribution < 1.29 is 19.4 Å². The fourth-order valence-corrected chi connectivity index (χ4v) is 2.00.